The van der Waals surface area contributed by atoms with E-state index >= 15 is 0 Å². The monoisotopic (exact) mass is 284 g/mol. The number of pyridine rings is 1. The van der Waals surface area contributed by atoms with Gasteiger partial charge in [-0.2, -0.15) is 0 Å². The van der Waals surface area contributed by atoms with Gasteiger partial charge in [0.25, 0.3) is 0 Å². The van der Waals surface area contributed by atoms with Crippen LogP contribution in [0.1, 0.15) is 12.8 Å². The maximum atomic E-state index is 11.5. The fourth-order valence-corrected chi connectivity index (χ4v) is 1.89. The van der Waals surface area contributed by atoms with Gasteiger partial charge in [-0.15, -0.1) is 12.4 Å². The van der Waals surface area contributed by atoms with Gasteiger partial charge < -0.3 is 15.5 Å². The molecule has 0 radical (unpaired) electrons. The Morgan fingerprint density at radius 3 is 2.79 bits per heavy atom. The lowest BCUT2D eigenvalue weighted by Gasteiger charge is -2.15. The molecule has 2 amide bonds. The van der Waals surface area contributed by atoms with E-state index < -0.39 is 0 Å². The second kappa shape index (κ2) is 7.06. The van der Waals surface area contributed by atoms with Gasteiger partial charge in [-0.25, -0.2) is 4.98 Å². The summed E-state index contributed by atoms with van der Waals surface area (Å²) in [6, 6.07) is 3.50. The van der Waals surface area contributed by atoms with Crippen LogP contribution in [0.3, 0.4) is 0 Å². The minimum Gasteiger partial charge on any atom is -0.311 e. The number of anilines is 2. The third kappa shape index (κ3) is 3.90. The van der Waals surface area contributed by atoms with Gasteiger partial charge in [0.1, 0.15) is 5.82 Å². The lowest BCUT2D eigenvalue weighted by Crippen LogP contribution is -2.26. The molecule has 0 aromatic carbocycles. The number of amides is 2. The molecule has 0 aliphatic carbocycles. The molecule has 2 rings (SSSR count). The van der Waals surface area contributed by atoms with Gasteiger partial charge in [0.2, 0.25) is 11.8 Å². The Kier molecular flexibility index (Phi) is 5.72. The van der Waals surface area contributed by atoms with E-state index in [1.54, 1.807) is 30.3 Å². The van der Waals surface area contributed by atoms with Gasteiger partial charge in [0, 0.05) is 13.0 Å². The van der Waals surface area contributed by atoms with Crippen LogP contribution in [0, 0.1) is 0 Å². The van der Waals surface area contributed by atoms with Crippen LogP contribution in [0.25, 0.3) is 0 Å². The summed E-state index contributed by atoms with van der Waals surface area (Å²) in [7, 11) is 1.70. The average Bonchev–Trinajstić information content (AvgIpc) is 2.77. The van der Waals surface area contributed by atoms with E-state index in [1.165, 1.54) is 0 Å². The molecular weight excluding hydrogens is 268 g/mol. The number of nitrogens with one attached hydrogen (secondary N) is 2. The van der Waals surface area contributed by atoms with E-state index in [-0.39, 0.29) is 30.8 Å². The molecule has 0 saturated carbocycles. The van der Waals surface area contributed by atoms with Crippen molar-refractivity contribution in [1.29, 1.82) is 0 Å². The van der Waals surface area contributed by atoms with Crippen LogP contribution in [0.4, 0.5) is 11.5 Å². The normalized spacial score (nSPS) is 14.2. The van der Waals surface area contributed by atoms with Crippen molar-refractivity contribution in [3.63, 3.8) is 0 Å². The molecule has 0 unspecified atom stereocenters. The zero-order chi connectivity index (χ0) is 13.0. The average molecular weight is 285 g/mol. The molecule has 1 aromatic heterocycles. The third-order valence-electron chi connectivity index (χ3n) is 2.74. The Labute approximate surface area is 118 Å². The van der Waals surface area contributed by atoms with Gasteiger partial charge in [-0.1, -0.05) is 0 Å². The number of likely N-dealkylation sites (N-methyl/N-ethyl adjacent to an activating group) is 1. The summed E-state index contributed by atoms with van der Waals surface area (Å²) >= 11 is 0. The fraction of sp³-hybridized carbons (Fsp3) is 0.417. The van der Waals surface area contributed by atoms with Gasteiger partial charge in [0.15, 0.2) is 0 Å². The highest BCUT2D eigenvalue weighted by Gasteiger charge is 2.21. The van der Waals surface area contributed by atoms with Gasteiger partial charge in [0.05, 0.1) is 18.4 Å². The molecule has 2 N–H and O–H groups in total. The number of carbonyl (C=O) groups excluding carboxylic acids is 2. The quantitative estimate of drug-likeness (QED) is 0.857. The number of aromatic nitrogens is 1. The Balaban J connectivity index is 0.00000180. The predicted octanol–water partition coefficient (Wildman–Crippen LogP) is 0.788. The number of nitrogens with zero attached hydrogens (tertiary/aromatic N) is 2. The second-order valence-corrected chi connectivity index (χ2v) is 4.13. The first-order valence-corrected chi connectivity index (χ1v) is 5.91. The standard InChI is InChI=1S/C12H16N4O2.ClH/c1-13-8-11(17)15-10-5-4-9(7-14-10)16-6-2-3-12(16)18;/h4-5,7,13H,2-3,6,8H2,1H3,(H,14,15,17);1H. The lowest BCUT2D eigenvalue weighted by atomic mass is 10.3. The van der Waals surface area contributed by atoms with Crippen molar-refractivity contribution >= 4 is 35.7 Å². The summed E-state index contributed by atoms with van der Waals surface area (Å²) in [5.41, 5.74) is 0.782. The van der Waals surface area contributed by atoms with Crippen molar-refractivity contribution in [3.05, 3.63) is 18.3 Å². The van der Waals surface area contributed by atoms with Crippen molar-refractivity contribution in [2.24, 2.45) is 0 Å². The number of carbonyl (C=O) groups is 2. The van der Waals surface area contributed by atoms with Crippen molar-refractivity contribution < 1.29 is 9.59 Å². The summed E-state index contributed by atoms with van der Waals surface area (Å²) in [6.45, 7) is 0.986. The molecule has 0 spiro atoms. The second-order valence-electron chi connectivity index (χ2n) is 4.13. The van der Waals surface area contributed by atoms with Gasteiger partial charge in [-0.05, 0) is 25.6 Å². The predicted molar refractivity (Wildman–Crippen MR) is 75.6 cm³/mol. The largest absolute Gasteiger partial charge is 0.311 e. The van der Waals surface area contributed by atoms with Crippen molar-refractivity contribution in [3.8, 4) is 0 Å². The van der Waals surface area contributed by atoms with Gasteiger partial charge >= 0.3 is 0 Å². The van der Waals surface area contributed by atoms with Crippen LogP contribution in [0.2, 0.25) is 0 Å². The molecule has 6 nitrogen and oxygen atoms in total. The Morgan fingerprint density at radius 2 is 2.26 bits per heavy atom. The van der Waals surface area contributed by atoms with Crippen LogP contribution in [-0.2, 0) is 9.59 Å². The van der Waals surface area contributed by atoms with Crippen molar-refractivity contribution in [2.75, 3.05) is 30.4 Å². The van der Waals surface area contributed by atoms with E-state index in [0.717, 1.165) is 18.7 Å². The molecule has 2 heterocycles. The Morgan fingerprint density at radius 1 is 1.47 bits per heavy atom. The molecule has 1 aromatic rings. The molecule has 104 valence electrons. The van der Waals surface area contributed by atoms with Crippen LogP contribution in [-0.4, -0.2) is 36.9 Å². The minimum absolute atomic E-state index is 0. The van der Waals surface area contributed by atoms with Gasteiger partial charge in [-0.3, -0.25) is 9.59 Å². The molecule has 0 bridgehead atoms. The molecular formula is C12H17ClN4O2. The lowest BCUT2D eigenvalue weighted by molar-refractivity contribution is -0.117. The Hall–Kier alpha value is -1.66. The highest BCUT2D eigenvalue weighted by molar-refractivity contribution is 5.95. The smallest absolute Gasteiger partial charge is 0.239 e. The third-order valence-corrected chi connectivity index (χ3v) is 2.74. The van der Waals surface area contributed by atoms with E-state index in [1.807, 2.05) is 0 Å². The summed E-state index contributed by atoms with van der Waals surface area (Å²) in [6.07, 6.45) is 3.10. The van der Waals surface area contributed by atoms with Crippen LogP contribution in [0.5, 0.6) is 0 Å². The summed E-state index contributed by atoms with van der Waals surface area (Å²) in [4.78, 5) is 28.7. The van der Waals surface area contributed by atoms with Crippen molar-refractivity contribution in [2.45, 2.75) is 12.8 Å². The number of hydrogen-bond donors (Lipinski definition) is 2. The minimum atomic E-state index is -0.144. The first-order chi connectivity index (χ1) is 8.70. The molecule has 1 aliphatic heterocycles. The summed E-state index contributed by atoms with van der Waals surface area (Å²) in [5.74, 6) is 0.476. The fourth-order valence-electron chi connectivity index (χ4n) is 1.89. The summed E-state index contributed by atoms with van der Waals surface area (Å²) < 4.78 is 0. The molecule has 1 saturated heterocycles. The molecule has 1 fully saturated rings. The molecule has 0 atom stereocenters. The topological polar surface area (TPSA) is 74.3 Å². The van der Waals surface area contributed by atoms with E-state index in [9.17, 15) is 9.59 Å². The van der Waals surface area contributed by atoms with Crippen LogP contribution < -0.4 is 15.5 Å². The molecule has 19 heavy (non-hydrogen) atoms. The number of hydrogen-bond acceptors (Lipinski definition) is 4. The van der Waals surface area contributed by atoms with Crippen molar-refractivity contribution in [1.82, 2.24) is 10.3 Å². The first-order valence-electron chi connectivity index (χ1n) is 5.91. The first kappa shape index (κ1) is 15.4. The maximum absolute atomic E-state index is 11.5. The van der Waals surface area contributed by atoms with E-state index in [4.69, 9.17) is 0 Å². The summed E-state index contributed by atoms with van der Waals surface area (Å²) in [5, 5.41) is 5.41. The van der Waals surface area contributed by atoms with Crippen LogP contribution >= 0.6 is 12.4 Å². The highest BCUT2D eigenvalue weighted by atomic mass is 35.5. The molecule has 1 aliphatic rings. The molecule has 7 heteroatoms. The maximum Gasteiger partial charge on any atom is 0.239 e. The number of halogens is 1. The highest BCUT2D eigenvalue weighted by Crippen LogP contribution is 2.21. The van der Waals surface area contributed by atoms with Crippen LogP contribution in [0.15, 0.2) is 18.3 Å². The number of rotatable bonds is 4. The zero-order valence-electron chi connectivity index (χ0n) is 10.7. The van der Waals surface area contributed by atoms with E-state index in [0.29, 0.717) is 12.2 Å². The zero-order valence-corrected chi connectivity index (χ0v) is 11.5. The SMILES string of the molecule is CNCC(=O)Nc1ccc(N2CCCC2=O)cn1.Cl. The van der Waals surface area contributed by atoms with E-state index in [2.05, 4.69) is 15.6 Å². The Bertz CT molecular complexity index is 450.